The molecule has 0 saturated heterocycles. The molecule has 0 saturated carbocycles. The van der Waals surface area contributed by atoms with Crippen molar-refractivity contribution in [1.29, 1.82) is 0 Å². The quantitative estimate of drug-likeness (QED) is 0.167. The summed E-state index contributed by atoms with van der Waals surface area (Å²) in [6.45, 7) is 0.0309. The number of rotatable bonds is 7. The van der Waals surface area contributed by atoms with Gasteiger partial charge in [-0.15, -0.1) is 0 Å². The SMILES string of the molecule is O=c1c2ccccc2nc(-c2ccccc2)n1N=Cc1cc([N+](=O)[O-])ccc1OCc1cccc(F)c1. The Labute approximate surface area is 210 Å². The van der Waals surface area contributed by atoms with Gasteiger partial charge in [0.15, 0.2) is 5.82 Å². The van der Waals surface area contributed by atoms with E-state index in [0.29, 0.717) is 27.9 Å². The first kappa shape index (κ1) is 23.6. The molecule has 8 nitrogen and oxygen atoms in total. The maximum absolute atomic E-state index is 13.6. The van der Waals surface area contributed by atoms with Crippen LogP contribution in [0.2, 0.25) is 0 Å². The number of aromatic nitrogens is 2. The van der Waals surface area contributed by atoms with Crippen LogP contribution in [0, 0.1) is 15.9 Å². The second kappa shape index (κ2) is 10.2. The lowest BCUT2D eigenvalue weighted by Gasteiger charge is -2.11. The van der Waals surface area contributed by atoms with Crippen molar-refractivity contribution < 1.29 is 14.1 Å². The summed E-state index contributed by atoms with van der Waals surface area (Å²) in [5, 5.41) is 16.2. The Morgan fingerprint density at radius 3 is 2.54 bits per heavy atom. The van der Waals surface area contributed by atoms with Crippen molar-refractivity contribution >= 4 is 22.8 Å². The Balaban J connectivity index is 1.60. The number of nitro groups is 1. The van der Waals surface area contributed by atoms with Gasteiger partial charge in [-0.2, -0.15) is 9.78 Å². The number of non-ortho nitro benzene ring substituents is 1. The molecule has 0 aliphatic rings. The molecule has 0 N–H and O–H groups in total. The molecule has 0 aliphatic carbocycles. The van der Waals surface area contributed by atoms with Gasteiger partial charge >= 0.3 is 0 Å². The van der Waals surface area contributed by atoms with Crippen molar-refractivity contribution in [3.63, 3.8) is 0 Å². The molecule has 0 fully saturated rings. The zero-order valence-corrected chi connectivity index (χ0v) is 19.3. The number of ether oxygens (including phenoxy) is 1. The summed E-state index contributed by atoms with van der Waals surface area (Å²) in [5.41, 5.74) is 1.48. The van der Waals surface area contributed by atoms with E-state index in [9.17, 15) is 19.3 Å². The molecule has 9 heteroatoms. The third kappa shape index (κ3) is 5.10. The molecule has 182 valence electrons. The van der Waals surface area contributed by atoms with Crippen molar-refractivity contribution in [2.45, 2.75) is 6.61 Å². The summed E-state index contributed by atoms with van der Waals surface area (Å²) in [6.07, 6.45) is 1.32. The zero-order valence-electron chi connectivity index (χ0n) is 19.3. The van der Waals surface area contributed by atoms with Gasteiger partial charge in [-0.1, -0.05) is 54.6 Å². The Kier molecular flexibility index (Phi) is 6.50. The monoisotopic (exact) mass is 494 g/mol. The largest absolute Gasteiger partial charge is 0.488 e. The van der Waals surface area contributed by atoms with Crippen LogP contribution in [-0.2, 0) is 6.61 Å². The number of benzene rings is 4. The summed E-state index contributed by atoms with van der Waals surface area (Å²) >= 11 is 0. The van der Waals surface area contributed by atoms with Gasteiger partial charge in [-0.3, -0.25) is 14.9 Å². The van der Waals surface area contributed by atoms with Crippen LogP contribution < -0.4 is 10.3 Å². The van der Waals surface area contributed by atoms with Crippen molar-refractivity contribution in [1.82, 2.24) is 9.66 Å². The lowest BCUT2D eigenvalue weighted by Crippen LogP contribution is -2.20. The van der Waals surface area contributed by atoms with E-state index in [1.165, 1.54) is 36.5 Å². The number of nitro benzene ring substituents is 1. The maximum atomic E-state index is 13.6. The highest BCUT2D eigenvalue weighted by Crippen LogP contribution is 2.25. The van der Waals surface area contributed by atoms with Crippen LogP contribution in [0.1, 0.15) is 11.1 Å². The molecule has 1 aromatic heterocycles. The third-order valence-electron chi connectivity index (χ3n) is 5.59. The van der Waals surface area contributed by atoms with E-state index in [1.54, 1.807) is 36.4 Å². The first-order chi connectivity index (χ1) is 18.0. The average molecular weight is 494 g/mol. The van der Waals surface area contributed by atoms with Gasteiger partial charge in [-0.05, 0) is 35.9 Å². The molecule has 0 bridgehead atoms. The highest BCUT2D eigenvalue weighted by atomic mass is 19.1. The van der Waals surface area contributed by atoms with Gasteiger partial charge in [-0.25, -0.2) is 9.37 Å². The van der Waals surface area contributed by atoms with Crippen molar-refractivity contribution in [3.8, 4) is 17.1 Å². The van der Waals surface area contributed by atoms with Gasteiger partial charge in [0.05, 0.1) is 22.0 Å². The smallest absolute Gasteiger partial charge is 0.282 e. The number of para-hydroxylation sites is 1. The van der Waals surface area contributed by atoms with Gasteiger partial charge in [0, 0.05) is 23.3 Å². The second-order valence-electron chi connectivity index (χ2n) is 8.08. The van der Waals surface area contributed by atoms with Crippen LogP contribution in [0.25, 0.3) is 22.3 Å². The molecule has 37 heavy (non-hydrogen) atoms. The summed E-state index contributed by atoms with van der Waals surface area (Å²) in [5.74, 6) is 0.193. The number of fused-ring (bicyclic) bond motifs is 1. The minimum Gasteiger partial charge on any atom is -0.488 e. The molecule has 0 aliphatic heterocycles. The fourth-order valence-electron chi connectivity index (χ4n) is 3.79. The summed E-state index contributed by atoms with van der Waals surface area (Å²) in [6, 6.07) is 26.0. The number of hydrogen-bond acceptors (Lipinski definition) is 6. The molecule has 4 aromatic carbocycles. The molecule has 0 amide bonds. The van der Waals surface area contributed by atoms with E-state index < -0.39 is 16.3 Å². The third-order valence-corrected chi connectivity index (χ3v) is 5.59. The topological polar surface area (TPSA) is 99.6 Å². The number of halogens is 1. The molecule has 5 aromatic rings. The predicted molar refractivity (Wildman–Crippen MR) is 138 cm³/mol. The van der Waals surface area contributed by atoms with Crippen molar-refractivity contribution in [3.05, 3.63) is 134 Å². The lowest BCUT2D eigenvalue weighted by molar-refractivity contribution is -0.384. The Hall–Kier alpha value is -5.18. The fourth-order valence-corrected chi connectivity index (χ4v) is 3.79. The maximum Gasteiger partial charge on any atom is 0.282 e. The van der Waals surface area contributed by atoms with Crippen LogP contribution in [0.4, 0.5) is 10.1 Å². The van der Waals surface area contributed by atoms with Crippen molar-refractivity contribution in [2.24, 2.45) is 5.10 Å². The minimum atomic E-state index is -0.535. The fraction of sp³-hybridized carbons (Fsp3) is 0.0357. The molecule has 1 heterocycles. The van der Waals surface area contributed by atoms with E-state index in [0.717, 1.165) is 4.68 Å². The standard InChI is InChI=1S/C28H19FN4O4/c29-22-10-6-7-19(15-22)18-37-26-14-13-23(33(35)36)16-21(26)17-30-32-27(20-8-2-1-3-9-20)31-25-12-5-4-11-24(25)28(32)34/h1-17H,18H2. The van der Waals surface area contributed by atoms with Crippen molar-refractivity contribution in [2.75, 3.05) is 0 Å². The van der Waals surface area contributed by atoms with Crippen LogP contribution in [0.3, 0.4) is 0 Å². The number of nitrogens with zero attached hydrogens (tertiary/aromatic N) is 4. The van der Waals surface area contributed by atoms with Gasteiger partial charge < -0.3 is 4.74 Å². The Morgan fingerprint density at radius 2 is 1.76 bits per heavy atom. The van der Waals surface area contributed by atoms with E-state index in [1.807, 2.05) is 30.3 Å². The van der Waals surface area contributed by atoms with E-state index >= 15 is 0 Å². The zero-order chi connectivity index (χ0) is 25.8. The molecule has 5 rings (SSSR count). The van der Waals surface area contributed by atoms with Crippen LogP contribution >= 0.6 is 0 Å². The van der Waals surface area contributed by atoms with E-state index in [-0.39, 0.29) is 23.6 Å². The molecular weight excluding hydrogens is 475 g/mol. The van der Waals surface area contributed by atoms with Gasteiger partial charge in [0.1, 0.15) is 18.2 Å². The highest BCUT2D eigenvalue weighted by Gasteiger charge is 2.14. The summed E-state index contributed by atoms with van der Waals surface area (Å²) in [7, 11) is 0. The van der Waals surface area contributed by atoms with E-state index in [2.05, 4.69) is 10.1 Å². The average Bonchev–Trinajstić information content (AvgIpc) is 2.92. The first-order valence-electron chi connectivity index (χ1n) is 11.3. The second-order valence-corrected chi connectivity index (χ2v) is 8.08. The predicted octanol–water partition coefficient (Wildman–Crippen LogP) is 5.57. The molecule has 0 unspecified atom stereocenters. The molecule has 0 spiro atoms. The summed E-state index contributed by atoms with van der Waals surface area (Å²) < 4.78 is 20.6. The van der Waals surface area contributed by atoms with Crippen LogP contribution in [0.5, 0.6) is 5.75 Å². The molecule has 0 atom stereocenters. The van der Waals surface area contributed by atoms with Gasteiger partial charge in [0.25, 0.3) is 11.2 Å². The van der Waals surface area contributed by atoms with Crippen LogP contribution in [0.15, 0.2) is 107 Å². The summed E-state index contributed by atoms with van der Waals surface area (Å²) in [4.78, 5) is 28.9. The minimum absolute atomic E-state index is 0.0309. The van der Waals surface area contributed by atoms with Crippen LogP contribution in [-0.4, -0.2) is 20.8 Å². The van der Waals surface area contributed by atoms with E-state index in [4.69, 9.17) is 4.74 Å². The normalized spacial score (nSPS) is 11.2. The van der Waals surface area contributed by atoms with Gasteiger partial charge in [0.2, 0.25) is 0 Å². The lowest BCUT2D eigenvalue weighted by atomic mass is 10.2. The number of hydrogen-bond donors (Lipinski definition) is 0. The molecular formula is C28H19FN4O4. The highest BCUT2D eigenvalue weighted by molar-refractivity contribution is 5.85. The first-order valence-corrected chi connectivity index (χ1v) is 11.3. The Morgan fingerprint density at radius 1 is 0.973 bits per heavy atom. The Bertz CT molecular complexity index is 1700. The molecule has 0 radical (unpaired) electrons.